The first kappa shape index (κ1) is 30.1. The summed E-state index contributed by atoms with van der Waals surface area (Å²) in [6.45, 7) is -1.61. The van der Waals surface area contributed by atoms with Crippen LogP contribution in [0.15, 0.2) is 45.6 Å². The van der Waals surface area contributed by atoms with E-state index in [0.717, 1.165) is 12.1 Å². The van der Waals surface area contributed by atoms with Gasteiger partial charge >= 0.3 is 0 Å². The Kier molecular flexibility index (Phi) is 8.41. The number of aliphatic hydroxyl groups is 7. The van der Waals surface area contributed by atoms with Crippen molar-refractivity contribution in [1.82, 2.24) is 0 Å². The lowest BCUT2D eigenvalue weighted by molar-refractivity contribution is -0.342. The van der Waals surface area contributed by atoms with Gasteiger partial charge < -0.3 is 69.7 Å². The van der Waals surface area contributed by atoms with Crippen molar-refractivity contribution in [2.45, 2.75) is 61.2 Å². The molecule has 2 aliphatic rings. The van der Waals surface area contributed by atoms with E-state index in [1.165, 1.54) is 24.3 Å². The number of benzene rings is 2. The summed E-state index contributed by atoms with van der Waals surface area (Å²) in [5, 5.41) is 103. The number of aliphatic hydroxyl groups excluding tert-OH is 7. The molecule has 1 aromatic heterocycles. The summed E-state index contributed by atoms with van der Waals surface area (Å²) in [6.07, 6.45) is -17.3. The minimum absolute atomic E-state index is 0.0553. The number of fused-ring (bicyclic) bond motifs is 1. The Balaban J connectivity index is 1.66. The standard InChI is InChI=1S/C27H30O15/c28-7-15-20(35)22(37)26(42-27-23(38)21(36)19(34)16(8-29)41-27)25(40-15)18-12(32)5-11(31)17-13(33)6-14(39-24(17)18)9-1-3-10(30)4-2-9/h1-6,15-16,19-23,25-32,34-38H,7-8H2/t15-,16-,19-,20-,21+,22-,23-,25-,26+,27+/m0/s1. The lowest BCUT2D eigenvalue weighted by Crippen LogP contribution is -2.62. The first-order valence-corrected chi connectivity index (χ1v) is 12.9. The van der Waals surface area contributed by atoms with E-state index >= 15 is 0 Å². The maximum atomic E-state index is 13.1. The third-order valence-corrected chi connectivity index (χ3v) is 7.44. The van der Waals surface area contributed by atoms with Gasteiger partial charge in [0, 0.05) is 17.7 Å². The Hall–Kier alpha value is -3.35. The first-order valence-electron chi connectivity index (χ1n) is 12.9. The van der Waals surface area contributed by atoms with Crippen LogP contribution in [-0.4, -0.2) is 119 Å². The Morgan fingerprint density at radius 3 is 2.00 bits per heavy atom. The van der Waals surface area contributed by atoms with Gasteiger partial charge in [-0.25, -0.2) is 0 Å². The van der Waals surface area contributed by atoms with E-state index in [1.807, 2.05) is 0 Å². The van der Waals surface area contributed by atoms with Crippen LogP contribution in [0.25, 0.3) is 22.3 Å². The molecule has 10 N–H and O–H groups in total. The fourth-order valence-corrected chi connectivity index (χ4v) is 5.17. The Labute approximate surface area is 236 Å². The molecule has 0 unspecified atom stereocenters. The second kappa shape index (κ2) is 11.7. The fraction of sp³-hybridized carbons (Fsp3) is 0.444. The van der Waals surface area contributed by atoms with Crippen molar-refractivity contribution in [1.29, 1.82) is 0 Å². The second-order valence-electron chi connectivity index (χ2n) is 10.1. The highest BCUT2D eigenvalue weighted by atomic mass is 16.7. The van der Waals surface area contributed by atoms with Crippen LogP contribution in [0.2, 0.25) is 0 Å². The summed E-state index contributed by atoms with van der Waals surface area (Å²) in [7, 11) is 0. The molecule has 2 aromatic carbocycles. The van der Waals surface area contributed by atoms with Crippen molar-refractivity contribution in [2.24, 2.45) is 0 Å². The number of phenols is 3. The van der Waals surface area contributed by atoms with E-state index in [1.54, 1.807) is 0 Å². The second-order valence-corrected chi connectivity index (χ2v) is 10.1. The van der Waals surface area contributed by atoms with Crippen LogP contribution in [0, 0.1) is 0 Å². The molecule has 42 heavy (non-hydrogen) atoms. The Bertz CT molecular complexity index is 1470. The molecular formula is C27H30O15. The third kappa shape index (κ3) is 5.20. The molecule has 0 spiro atoms. The molecule has 2 aliphatic heterocycles. The van der Waals surface area contributed by atoms with Crippen molar-refractivity contribution in [3.63, 3.8) is 0 Å². The van der Waals surface area contributed by atoms with E-state index < -0.39 is 102 Å². The predicted molar refractivity (Wildman–Crippen MR) is 138 cm³/mol. The minimum atomic E-state index is -1.92. The van der Waals surface area contributed by atoms with E-state index in [0.29, 0.717) is 5.56 Å². The van der Waals surface area contributed by atoms with Crippen molar-refractivity contribution >= 4 is 11.0 Å². The van der Waals surface area contributed by atoms with Gasteiger partial charge in [-0.1, -0.05) is 0 Å². The molecule has 228 valence electrons. The molecule has 2 saturated heterocycles. The zero-order chi connectivity index (χ0) is 30.5. The van der Waals surface area contributed by atoms with E-state index in [9.17, 15) is 55.9 Å². The molecule has 15 heteroatoms. The van der Waals surface area contributed by atoms with Gasteiger partial charge in [0.2, 0.25) is 0 Å². The van der Waals surface area contributed by atoms with Crippen LogP contribution in [0.3, 0.4) is 0 Å². The maximum Gasteiger partial charge on any atom is 0.197 e. The summed E-state index contributed by atoms with van der Waals surface area (Å²) >= 11 is 0. The lowest BCUT2D eigenvalue weighted by atomic mass is 9.89. The average Bonchev–Trinajstić information content (AvgIpc) is 2.96. The lowest BCUT2D eigenvalue weighted by Gasteiger charge is -2.46. The topological polar surface area (TPSA) is 260 Å². The molecule has 2 fully saturated rings. The number of rotatable bonds is 6. The summed E-state index contributed by atoms with van der Waals surface area (Å²) in [4.78, 5) is 13.1. The van der Waals surface area contributed by atoms with Gasteiger partial charge in [-0.05, 0) is 24.3 Å². The van der Waals surface area contributed by atoms with E-state index in [-0.39, 0.29) is 17.1 Å². The van der Waals surface area contributed by atoms with E-state index in [4.69, 9.17) is 18.6 Å². The average molecular weight is 595 g/mol. The third-order valence-electron chi connectivity index (χ3n) is 7.44. The normalized spacial score (nSPS) is 33.6. The molecule has 3 aromatic rings. The Morgan fingerprint density at radius 2 is 1.36 bits per heavy atom. The van der Waals surface area contributed by atoms with Crippen molar-refractivity contribution < 1.29 is 69.7 Å². The minimum Gasteiger partial charge on any atom is -0.508 e. The Morgan fingerprint density at radius 1 is 0.738 bits per heavy atom. The van der Waals surface area contributed by atoms with E-state index in [2.05, 4.69) is 0 Å². The van der Waals surface area contributed by atoms with Gasteiger partial charge in [0.1, 0.15) is 83.3 Å². The van der Waals surface area contributed by atoms with Gasteiger partial charge in [-0.2, -0.15) is 0 Å². The van der Waals surface area contributed by atoms with Gasteiger partial charge in [-0.15, -0.1) is 0 Å². The molecule has 0 bridgehead atoms. The van der Waals surface area contributed by atoms with Crippen molar-refractivity contribution in [3.8, 4) is 28.6 Å². The summed E-state index contributed by atoms with van der Waals surface area (Å²) in [5.41, 5.74) is -1.21. The summed E-state index contributed by atoms with van der Waals surface area (Å²) < 4.78 is 22.9. The van der Waals surface area contributed by atoms with Crippen LogP contribution < -0.4 is 5.43 Å². The SMILES string of the molecule is O=c1cc(-c2ccc(O)cc2)oc2c([C@@H]3O[C@@H](CO)[C@H](O)[C@H](O)[C@H]3O[C@H]3O[C@@H](CO)[C@H](O)[C@@H](O)[C@@H]3O)c(O)cc(O)c12. The number of aromatic hydroxyl groups is 3. The number of hydrogen-bond acceptors (Lipinski definition) is 15. The van der Waals surface area contributed by atoms with Gasteiger partial charge in [0.05, 0.1) is 18.8 Å². The fourth-order valence-electron chi connectivity index (χ4n) is 5.17. The van der Waals surface area contributed by atoms with Gasteiger partial charge in [0.25, 0.3) is 0 Å². The molecule has 3 heterocycles. The largest absolute Gasteiger partial charge is 0.508 e. The van der Waals surface area contributed by atoms with Crippen molar-refractivity contribution in [3.05, 3.63) is 52.2 Å². The monoisotopic (exact) mass is 594 g/mol. The highest BCUT2D eigenvalue weighted by Crippen LogP contribution is 2.45. The highest BCUT2D eigenvalue weighted by molar-refractivity contribution is 5.89. The van der Waals surface area contributed by atoms with Gasteiger partial charge in [-0.3, -0.25) is 4.79 Å². The molecule has 15 nitrogen and oxygen atoms in total. The number of ether oxygens (including phenoxy) is 3. The highest BCUT2D eigenvalue weighted by Gasteiger charge is 2.52. The van der Waals surface area contributed by atoms with Crippen LogP contribution >= 0.6 is 0 Å². The van der Waals surface area contributed by atoms with Crippen LogP contribution in [0.4, 0.5) is 0 Å². The zero-order valence-corrected chi connectivity index (χ0v) is 21.7. The van der Waals surface area contributed by atoms with Gasteiger partial charge in [0.15, 0.2) is 17.3 Å². The van der Waals surface area contributed by atoms with Crippen molar-refractivity contribution in [2.75, 3.05) is 13.2 Å². The molecule has 0 saturated carbocycles. The first-order chi connectivity index (χ1) is 20.0. The summed E-state index contributed by atoms with van der Waals surface area (Å²) in [6, 6.07) is 7.41. The zero-order valence-electron chi connectivity index (χ0n) is 21.7. The quantitative estimate of drug-likeness (QED) is 0.147. The molecule has 10 atom stereocenters. The maximum absolute atomic E-state index is 13.1. The predicted octanol–water partition coefficient (Wildman–Crippen LogP) is -2.08. The number of hydrogen-bond donors (Lipinski definition) is 10. The molecule has 0 amide bonds. The molecular weight excluding hydrogens is 564 g/mol. The van der Waals surface area contributed by atoms with Crippen LogP contribution in [-0.2, 0) is 14.2 Å². The smallest absolute Gasteiger partial charge is 0.197 e. The molecule has 5 rings (SSSR count). The molecule has 0 radical (unpaired) electrons. The summed E-state index contributed by atoms with van der Waals surface area (Å²) in [5.74, 6) is -1.50. The van der Waals surface area contributed by atoms with Crippen LogP contribution in [0.5, 0.6) is 17.2 Å². The van der Waals surface area contributed by atoms with Crippen LogP contribution in [0.1, 0.15) is 11.7 Å². The number of phenolic OH excluding ortho intramolecular Hbond substituents is 3. The molecule has 0 aliphatic carbocycles.